The fourth-order valence-electron chi connectivity index (χ4n) is 2.10. The second-order valence-electron chi connectivity index (χ2n) is 5.65. The molecule has 1 heterocycles. The normalized spacial score (nSPS) is 11.5. The number of amides is 1. The minimum atomic E-state index is -3.49. The highest BCUT2D eigenvalue weighted by atomic mass is 32.2. The number of aryl methyl sites for hydroxylation is 1. The Labute approximate surface area is 142 Å². The lowest BCUT2D eigenvalue weighted by atomic mass is 10.1. The average Bonchev–Trinajstić information content (AvgIpc) is 2.54. The molecule has 2 aromatic rings. The molecule has 2 rings (SSSR count). The predicted molar refractivity (Wildman–Crippen MR) is 92.5 cm³/mol. The lowest BCUT2D eigenvalue weighted by Crippen LogP contribution is -2.39. The van der Waals surface area contributed by atoms with E-state index in [1.165, 1.54) is 4.31 Å². The number of sulfonamides is 1. The minimum absolute atomic E-state index is 0.168. The first-order valence-electron chi connectivity index (χ1n) is 7.51. The SMILES string of the molecule is Cc1ccc(CN(CC(=O)NCc2ccncc2)S(C)(=O)=O)cc1. The molecule has 0 aliphatic heterocycles. The molecule has 0 radical (unpaired) electrons. The molecular formula is C17H21N3O3S. The molecule has 1 N–H and O–H groups in total. The molecule has 1 aromatic carbocycles. The van der Waals surface area contributed by atoms with Crippen LogP contribution >= 0.6 is 0 Å². The van der Waals surface area contributed by atoms with Crippen molar-refractivity contribution in [3.8, 4) is 0 Å². The second kappa shape index (κ2) is 8.03. The molecule has 0 aliphatic carbocycles. The van der Waals surface area contributed by atoms with E-state index in [2.05, 4.69) is 10.3 Å². The maximum absolute atomic E-state index is 12.1. The van der Waals surface area contributed by atoms with Crippen LogP contribution < -0.4 is 5.32 Å². The summed E-state index contributed by atoms with van der Waals surface area (Å²) < 4.78 is 25.1. The topological polar surface area (TPSA) is 79.4 Å². The first kappa shape index (κ1) is 18.1. The summed E-state index contributed by atoms with van der Waals surface area (Å²) in [6.07, 6.45) is 4.39. The van der Waals surface area contributed by atoms with Crippen molar-refractivity contribution in [3.63, 3.8) is 0 Å². The molecule has 128 valence electrons. The molecule has 0 fully saturated rings. The highest BCUT2D eigenvalue weighted by Gasteiger charge is 2.20. The van der Waals surface area contributed by atoms with Gasteiger partial charge in [0.15, 0.2) is 0 Å². The largest absolute Gasteiger partial charge is 0.351 e. The number of aromatic nitrogens is 1. The summed E-state index contributed by atoms with van der Waals surface area (Å²) in [5, 5.41) is 2.72. The van der Waals surface area contributed by atoms with Gasteiger partial charge in [-0.3, -0.25) is 9.78 Å². The molecule has 0 aliphatic rings. The number of hydrogen-bond donors (Lipinski definition) is 1. The van der Waals surface area contributed by atoms with Gasteiger partial charge in [-0.05, 0) is 30.2 Å². The molecule has 0 saturated carbocycles. The first-order valence-corrected chi connectivity index (χ1v) is 9.36. The predicted octanol–water partition coefficient (Wildman–Crippen LogP) is 1.47. The van der Waals surface area contributed by atoms with E-state index >= 15 is 0 Å². The molecule has 0 unspecified atom stereocenters. The van der Waals surface area contributed by atoms with Gasteiger partial charge < -0.3 is 5.32 Å². The van der Waals surface area contributed by atoms with Crippen LogP contribution in [0.2, 0.25) is 0 Å². The van der Waals surface area contributed by atoms with Gasteiger partial charge in [-0.2, -0.15) is 4.31 Å². The Kier molecular flexibility index (Phi) is 6.05. The van der Waals surface area contributed by atoms with Crippen LogP contribution in [-0.2, 0) is 27.9 Å². The van der Waals surface area contributed by atoms with Crippen LogP contribution in [0.5, 0.6) is 0 Å². The van der Waals surface area contributed by atoms with Gasteiger partial charge in [0, 0.05) is 25.5 Å². The molecule has 7 heteroatoms. The van der Waals surface area contributed by atoms with Gasteiger partial charge in [-0.15, -0.1) is 0 Å². The molecule has 6 nitrogen and oxygen atoms in total. The van der Waals surface area contributed by atoms with Crippen LogP contribution in [0, 0.1) is 6.92 Å². The fraction of sp³-hybridized carbons (Fsp3) is 0.294. The van der Waals surface area contributed by atoms with E-state index in [4.69, 9.17) is 0 Å². The van der Waals surface area contributed by atoms with Gasteiger partial charge in [0.05, 0.1) is 12.8 Å². The Morgan fingerprint density at radius 3 is 2.29 bits per heavy atom. The maximum atomic E-state index is 12.1. The molecule has 0 bridgehead atoms. The van der Waals surface area contributed by atoms with Gasteiger partial charge in [-0.25, -0.2) is 8.42 Å². The van der Waals surface area contributed by atoms with Gasteiger partial charge in [0.1, 0.15) is 0 Å². The zero-order chi connectivity index (χ0) is 17.6. The third kappa shape index (κ3) is 5.75. The smallest absolute Gasteiger partial charge is 0.235 e. The van der Waals surface area contributed by atoms with Crippen LogP contribution in [0.4, 0.5) is 0 Å². The minimum Gasteiger partial charge on any atom is -0.351 e. The summed E-state index contributed by atoms with van der Waals surface area (Å²) >= 11 is 0. The second-order valence-corrected chi connectivity index (χ2v) is 7.63. The van der Waals surface area contributed by atoms with Crippen LogP contribution in [0.15, 0.2) is 48.8 Å². The Bertz CT molecular complexity index is 774. The van der Waals surface area contributed by atoms with Crippen LogP contribution in [-0.4, -0.2) is 36.4 Å². The van der Waals surface area contributed by atoms with E-state index in [1.807, 2.05) is 31.2 Å². The van der Waals surface area contributed by atoms with E-state index in [1.54, 1.807) is 24.5 Å². The monoisotopic (exact) mass is 347 g/mol. The van der Waals surface area contributed by atoms with Gasteiger partial charge >= 0.3 is 0 Å². The van der Waals surface area contributed by atoms with Crippen molar-refractivity contribution in [2.24, 2.45) is 0 Å². The number of carbonyl (C=O) groups excluding carboxylic acids is 1. The Hall–Kier alpha value is -2.25. The third-order valence-corrected chi connectivity index (χ3v) is 4.70. The molecule has 1 amide bonds. The summed E-state index contributed by atoms with van der Waals surface area (Å²) in [4.78, 5) is 16.0. The third-order valence-electron chi connectivity index (χ3n) is 3.51. The number of rotatable bonds is 7. The van der Waals surface area contributed by atoms with Crippen LogP contribution in [0.25, 0.3) is 0 Å². The lowest BCUT2D eigenvalue weighted by Gasteiger charge is -2.19. The summed E-state index contributed by atoms with van der Waals surface area (Å²) in [6, 6.07) is 11.1. The van der Waals surface area contributed by atoms with Crippen molar-refractivity contribution in [2.45, 2.75) is 20.0 Å². The number of nitrogens with zero attached hydrogens (tertiary/aromatic N) is 2. The first-order chi connectivity index (χ1) is 11.3. The van der Waals surface area contributed by atoms with E-state index in [0.29, 0.717) is 6.54 Å². The molecule has 24 heavy (non-hydrogen) atoms. The van der Waals surface area contributed by atoms with E-state index in [-0.39, 0.29) is 19.0 Å². The maximum Gasteiger partial charge on any atom is 0.235 e. The molecule has 0 saturated heterocycles. The lowest BCUT2D eigenvalue weighted by molar-refractivity contribution is -0.121. The number of pyridine rings is 1. The van der Waals surface area contributed by atoms with Crippen molar-refractivity contribution >= 4 is 15.9 Å². The standard InChI is InChI=1S/C17H21N3O3S/c1-14-3-5-16(6-4-14)12-20(24(2,22)23)13-17(21)19-11-15-7-9-18-10-8-15/h3-10H,11-13H2,1-2H3,(H,19,21). The molecule has 0 spiro atoms. The number of nitrogens with one attached hydrogen (secondary N) is 1. The van der Waals surface area contributed by atoms with Crippen molar-refractivity contribution in [1.29, 1.82) is 0 Å². The summed E-state index contributed by atoms with van der Waals surface area (Å²) in [5.74, 6) is -0.343. The zero-order valence-electron chi connectivity index (χ0n) is 13.8. The van der Waals surface area contributed by atoms with Crippen LogP contribution in [0.1, 0.15) is 16.7 Å². The number of carbonyl (C=O) groups is 1. The fourth-order valence-corrected chi connectivity index (χ4v) is 2.84. The molecule has 1 aromatic heterocycles. The highest BCUT2D eigenvalue weighted by molar-refractivity contribution is 7.88. The van der Waals surface area contributed by atoms with Crippen LogP contribution in [0.3, 0.4) is 0 Å². The average molecular weight is 347 g/mol. The van der Waals surface area contributed by atoms with Crippen molar-refractivity contribution in [3.05, 3.63) is 65.5 Å². The molecular weight excluding hydrogens is 326 g/mol. The van der Waals surface area contributed by atoms with Crippen molar-refractivity contribution in [1.82, 2.24) is 14.6 Å². The van der Waals surface area contributed by atoms with Gasteiger partial charge in [0.2, 0.25) is 15.9 Å². The van der Waals surface area contributed by atoms with E-state index < -0.39 is 10.0 Å². The zero-order valence-corrected chi connectivity index (χ0v) is 14.6. The summed E-state index contributed by atoms with van der Waals surface area (Å²) in [5.41, 5.74) is 2.84. The van der Waals surface area contributed by atoms with Gasteiger partial charge in [0.25, 0.3) is 0 Å². The Balaban J connectivity index is 1.98. The highest BCUT2D eigenvalue weighted by Crippen LogP contribution is 2.10. The number of hydrogen-bond acceptors (Lipinski definition) is 4. The molecule has 0 atom stereocenters. The summed E-state index contributed by atoms with van der Waals surface area (Å²) in [6.45, 7) is 2.26. The van der Waals surface area contributed by atoms with Gasteiger partial charge in [-0.1, -0.05) is 29.8 Å². The van der Waals surface area contributed by atoms with Crippen molar-refractivity contribution < 1.29 is 13.2 Å². The van der Waals surface area contributed by atoms with Crippen molar-refractivity contribution in [2.75, 3.05) is 12.8 Å². The number of benzene rings is 1. The Morgan fingerprint density at radius 2 is 1.71 bits per heavy atom. The summed E-state index contributed by atoms with van der Waals surface area (Å²) in [7, 11) is -3.49. The Morgan fingerprint density at radius 1 is 1.08 bits per heavy atom. The quantitative estimate of drug-likeness (QED) is 0.822. The van der Waals surface area contributed by atoms with E-state index in [9.17, 15) is 13.2 Å². The van der Waals surface area contributed by atoms with E-state index in [0.717, 1.165) is 22.9 Å².